The van der Waals surface area contributed by atoms with Crippen molar-refractivity contribution in [2.45, 2.75) is 57.5 Å². The van der Waals surface area contributed by atoms with E-state index in [9.17, 15) is 4.79 Å². The predicted octanol–water partition coefficient (Wildman–Crippen LogP) is 3.00. The first-order valence-electron chi connectivity index (χ1n) is 7.89. The highest BCUT2D eigenvalue weighted by molar-refractivity contribution is 5.73. The van der Waals surface area contributed by atoms with Crippen LogP contribution < -0.4 is 10.1 Å². The second kappa shape index (κ2) is 8.03. The van der Waals surface area contributed by atoms with Crippen LogP contribution in [0.3, 0.4) is 0 Å². The van der Waals surface area contributed by atoms with Gasteiger partial charge in [-0.3, -0.25) is 4.79 Å². The van der Waals surface area contributed by atoms with Crippen LogP contribution >= 0.6 is 0 Å². The number of aryl methyl sites for hydroxylation is 1. The molecule has 1 aliphatic carbocycles. The molecule has 21 heavy (non-hydrogen) atoms. The number of hydrogen-bond acceptors (Lipinski definition) is 3. The van der Waals surface area contributed by atoms with Gasteiger partial charge in [0.15, 0.2) is 0 Å². The summed E-state index contributed by atoms with van der Waals surface area (Å²) < 4.78 is 5.64. The second-order valence-electron chi connectivity index (χ2n) is 5.72. The fraction of sp³-hybridized carbons (Fsp3) is 0.588. The van der Waals surface area contributed by atoms with E-state index >= 15 is 0 Å². The minimum atomic E-state index is -0.791. The molecule has 0 amide bonds. The van der Waals surface area contributed by atoms with Gasteiger partial charge in [0.2, 0.25) is 0 Å². The first-order chi connectivity index (χ1) is 10.2. The van der Waals surface area contributed by atoms with Crippen molar-refractivity contribution in [3.8, 4) is 5.75 Å². The molecular formula is C17H25NO3. The molecule has 116 valence electrons. The Bertz CT molecular complexity index is 440. The SMILES string of the molecule is CCCCc1ccc(OCCC(NC2CC2)C(=O)O)cc1. The number of nitrogens with one attached hydrogen (secondary N) is 1. The first-order valence-corrected chi connectivity index (χ1v) is 7.89. The van der Waals surface area contributed by atoms with Gasteiger partial charge in [-0.1, -0.05) is 25.5 Å². The average molecular weight is 291 g/mol. The zero-order chi connectivity index (χ0) is 15.1. The van der Waals surface area contributed by atoms with Crippen LogP contribution in [0.4, 0.5) is 0 Å². The van der Waals surface area contributed by atoms with E-state index < -0.39 is 12.0 Å². The van der Waals surface area contributed by atoms with Crippen molar-refractivity contribution >= 4 is 5.97 Å². The Morgan fingerprint density at radius 3 is 2.67 bits per heavy atom. The summed E-state index contributed by atoms with van der Waals surface area (Å²) in [5, 5.41) is 12.3. The van der Waals surface area contributed by atoms with Gasteiger partial charge in [0.05, 0.1) is 6.61 Å². The standard InChI is InChI=1S/C17H25NO3/c1-2-3-4-13-5-9-15(10-6-13)21-12-11-16(17(19)20)18-14-7-8-14/h5-6,9-10,14,16,18H,2-4,7-8,11-12H2,1H3,(H,19,20). The molecule has 1 fully saturated rings. The Hall–Kier alpha value is -1.55. The second-order valence-corrected chi connectivity index (χ2v) is 5.72. The van der Waals surface area contributed by atoms with Gasteiger partial charge in [-0.2, -0.15) is 0 Å². The van der Waals surface area contributed by atoms with Crippen LogP contribution in [0, 0.1) is 0 Å². The molecule has 0 spiro atoms. The molecule has 1 atom stereocenters. The fourth-order valence-electron chi connectivity index (χ4n) is 2.24. The van der Waals surface area contributed by atoms with Crippen molar-refractivity contribution in [1.82, 2.24) is 5.32 Å². The normalized spacial score (nSPS) is 15.7. The molecule has 1 aromatic carbocycles. The fourth-order valence-corrected chi connectivity index (χ4v) is 2.24. The van der Waals surface area contributed by atoms with E-state index in [2.05, 4.69) is 24.4 Å². The summed E-state index contributed by atoms with van der Waals surface area (Å²) in [7, 11) is 0. The molecule has 0 radical (unpaired) electrons. The largest absolute Gasteiger partial charge is 0.494 e. The van der Waals surface area contributed by atoms with Gasteiger partial charge in [-0.05, 0) is 43.4 Å². The molecule has 1 saturated carbocycles. The molecule has 0 aromatic heterocycles. The van der Waals surface area contributed by atoms with Crippen molar-refractivity contribution in [1.29, 1.82) is 0 Å². The van der Waals surface area contributed by atoms with Crippen molar-refractivity contribution in [3.05, 3.63) is 29.8 Å². The van der Waals surface area contributed by atoms with Crippen molar-refractivity contribution in [2.24, 2.45) is 0 Å². The summed E-state index contributed by atoms with van der Waals surface area (Å²) in [5.74, 6) is 0.0197. The zero-order valence-electron chi connectivity index (χ0n) is 12.7. The van der Waals surface area contributed by atoms with Gasteiger partial charge in [0.25, 0.3) is 0 Å². The van der Waals surface area contributed by atoms with Gasteiger partial charge in [0, 0.05) is 12.5 Å². The number of carboxylic acids is 1. The summed E-state index contributed by atoms with van der Waals surface area (Å²) in [6.45, 7) is 2.61. The number of ether oxygens (including phenoxy) is 1. The molecule has 1 aromatic rings. The number of rotatable bonds is 10. The third-order valence-corrected chi connectivity index (χ3v) is 3.73. The van der Waals surface area contributed by atoms with E-state index in [1.54, 1.807) is 0 Å². The van der Waals surface area contributed by atoms with E-state index in [1.807, 2.05) is 12.1 Å². The molecule has 1 unspecified atom stereocenters. The maximum absolute atomic E-state index is 11.1. The lowest BCUT2D eigenvalue weighted by Crippen LogP contribution is -2.39. The van der Waals surface area contributed by atoms with Crippen molar-refractivity contribution in [2.75, 3.05) is 6.61 Å². The van der Waals surface area contributed by atoms with E-state index in [-0.39, 0.29) is 0 Å². The highest BCUT2D eigenvalue weighted by Crippen LogP contribution is 2.20. The summed E-state index contributed by atoms with van der Waals surface area (Å²) in [5.41, 5.74) is 1.32. The lowest BCUT2D eigenvalue weighted by atomic mass is 10.1. The number of hydrogen-bond donors (Lipinski definition) is 2. The van der Waals surface area contributed by atoms with Crippen molar-refractivity contribution < 1.29 is 14.6 Å². The van der Waals surface area contributed by atoms with E-state index in [1.165, 1.54) is 18.4 Å². The third kappa shape index (κ3) is 5.76. The van der Waals surface area contributed by atoms with Crippen LogP contribution in [-0.4, -0.2) is 29.8 Å². The average Bonchev–Trinajstić information content (AvgIpc) is 3.29. The number of unbranched alkanes of at least 4 members (excludes halogenated alkanes) is 1. The summed E-state index contributed by atoms with van der Waals surface area (Å²) in [4.78, 5) is 11.1. The van der Waals surface area contributed by atoms with Gasteiger partial charge in [-0.15, -0.1) is 0 Å². The molecule has 4 heteroatoms. The van der Waals surface area contributed by atoms with Crippen LogP contribution in [0.2, 0.25) is 0 Å². The Kier molecular flexibility index (Phi) is 6.05. The number of carbonyl (C=O) groups is 1. The van der Waals surface area contributed by atoms with Crippen LogP contribution in [0.15, 0.2) is 24.3 Å². The van der Waals surface area contributed by atoms with Gasteiger partial charge in [-0.25, -0.2) is 0 Å². The Labute approximate surface area is 126 Å². The Balaban J connectivity index is 1.72. The molecule has 2 N–H and O–H groups in total. The molecule has 2 rings (SSSR count). The third-order valence-electron chi connectivity index (χ3n) is 3.73. The lowest BCUT2D eigenvalue weighted by molar-refractivity contribution is -0.139. The van der Waals surface area contributed by atoms with Crippen LogP contribution in [0.1, 0.15) is 44.6 Å². The minimum absolute atomic E-state index is 0.393. The number of carboxylic acid groups (broad SMARTS) is 1. The predicted molar refractivity (Wildman–Crippen MR) is 82.7 cm³/mol. The van der Waals surface area contributed by atoms with E-state index in [0.29, 0.717) is 19.1 Å². The van der Waals surface area contributed by atoms with Crippen LogP contribution in [0.5, 0.6) is 5.75 Å². The molecule has 0 heterocycles. The van der Waals surface area contributed by atoms with Crippen molar-refractivity contribution in [3.63, 3.8) is 0 Å². The lowest BCUT2D eigenvalue weighted by Gasteiger charge is -2.14. The van der Waals surface area contributed by atoms with Gasteiger partial charge >= 0.3 is 5.97 Å². The van der Waals surface area contributed by atoms with Crippen LogP contribution in [0.25, 0.3) is 0 Å². The molecular weight excluding hydrogens is 266 g/mol. The van der Waals surface area contributed by atoms with Gasteiger partial charge < -0.3 is 15.2 Å². The highest BCUT2D eigenvalue weighted by atomic mass is 16.5. The molecule has 1 aliphatic rings. The monoisotopic (exact) mass is 291 g/mol. The summed E-state index contributed by atoms with van der Waals surface area (Å²) in [6.07, 6.45) is 6.16. The quantitative estimate of drug-likeness (QED) is 0.696. The topological polar surface area (TPSA) is 58.6 Å². The molecule has 4 nitrogen and oxygen atoms in total. The molecule has 0 saturated heterocycles. The number of benzene rings is 1. The smallest absolute Gasteiger partial charge is 0.320 e. The maximum atomic E-state index is 11.1. The Morgan fingerprint density at radius 1 is 1.38 bits per heavy atom. The van der Waals surface area contributed by atoms with E-state index in [4.69, 9.17) is 9.84 Å². The zero-order valence-corrected chi connectivity index (χ0v) is 12.7. The maximum Gasteiger partial charge on any atom is 0.320 e. The summed E-state index contributed by atoms with van der Waals surface area (Å²) >= 11 is 0. The highest BCUT2D eigenvalue weighted by Gasteiger charge is 2.27. The van der Waals surface area contributed by atoms with Crippen LogP contribution in [-0.2, 0) is 11.2 Å². The first kappa shape index (κ1) is 15.8. The molecule has 0 bridgehead atoms. The van der Waals surface area contributed by atoms with E-state index in [0.717, 1.165) is 25.0 Å². The van der Waals surface area contributed by atoms with Gasteiger partial charge in [0.1, 0.15) is 11.8 Å². The molecule has 0 aliphatic heterocycles. The Morgan fingerprint density at radius 2 is 2.10 bits per heavy atom. The number of aliphatic carboxylic acids is 1. The minimum Gasteiger partial charge on any atom is -0.494 e. The summed E-state index contributed by atoms with van der Waals surface area (Å²) in [6, 6.07) is 8.00.